The number of halogens is 2. The van der Waals surface area contributed by atoms with Crippen LogP contribution in [-0.2, 0) is 9.47 Å². The normalized spacial score (nSPS) is 26.1. The summed E-state index contributed by atoms with van der Waals surface area (Å²) >= 11 is 12.7. The molecule has 8 atom stereocenters. The molecule has 0 saturated carbocycles. The maximum Gasteiger partial charge on any atom is 0.330 e. The van der Waals surface area contributed by atoms with E-state index in [0.717, 1.165) is 0 Å². The number of H-pyrrole nitrogens is 2. The molecular weight excluding hydrogens is 811 g/mol. The van der Waals surface area contributed by atoms with Gasteiger partial charge >= 0.3 is 11.4 Å². The van der Waals surface area contributed by atoms with Crippen LogP contribution in [0.25, 0.3) is 0 Å². The van der Waals surface area contributed by atoms with Crippen molar-refractivity contribution in [3.8, 4) is 0 Å². The average molecular weight is 880 g/mol. The fraction of sp³-hybridized carbons (Fsp3) is 0.545. The standard InChI is InChI=1S/C17H22Si.2C12H17ClN2O4.3CH4/c1-17(2,3)18(4,15-11-7-5-8-12-15)16-13-9-6-10-14-16;2*1-3-12(6-16)7(2)9(13)10(19-12)15-5-4-8(17)14-11(15)18;;;/h5-14H,1-4H3;2*4-5,7,9-10,16H,3,6H2,1-2H3,(H,14,17,18);3*1H4/t;7-,9+,10+,12+;7-,9+,10+,12-;;;/m.00.../s1. The van der Waals surface area contributed by atoms with Crippen LogP contribution in [0, 0.1) is 11.8 Å². The Balaban J connectivity index is 0.000000432. The van der Waals surface area contributed by atoms with Crippen LogP contribution in [0.15, 0.2) is 104 Å². The second-order valence-electron chi connectivity index (χ2n) is 15.8. The minimum atomic E-state index is -1.70. The van der Waals surface area contributed by atoms with E-state index in [0.29, 0.717) is 17.9 Å². The summed E-state index contributed by atoms with van der Waals surface area (Å²) in [7, 11) is -1.70. The van der Waals surface area contributed by atoms with E-state index < -0.39 is 65.0 Å². The summed E-state index contributed by atoms with van der Waals surface area (Å²) in [6, 6.07) is 24.5. The van der Waals surface area contributed by atoms with E-state index in [2.05, 4.69) is 97.9 Å². The van der Waals surface area contributed by atoms with Crippen LogP contribution < -0.4 is 32.9 Å². The SMILES string of the molecule is C.C.C.CC(C)(C)[Si](C)(c1ccccc1)c1ccccc1.CC[C@@]1(CO)O[C@@H](n2ccc(=O)[nH]c2=O)[C@H](Cl)[C@@H]1C.CC[C@]1(CO)O[C@@H](n2ccc(=O)[nH]c2=O)[C@H](Cl)[C@@H]1C. The first-order valence-electron chi connectivity index (χ1n) is 19.0. The fourth-order valence-electron chi connectivity index (χ4n) is 7.55. The topological polar surface area (TPSA) is 169 Å². The van der Waals surface area contributed by atoms with E-state index >= 15 is 0 Å². The number of hydrogen-bond acceptors (Lipinski definition) is 8. The summed E-state index contributed by atoms with van der Waals surface area (Å²) in [6.45, 7) is 16.8. The number of rotatable bonds is 8. The van der Waals surface area contributed by atoms with Gasteiger partial charge in [0, 0.05) is 36.4 Å². The number of hydrogen-bond donors (Lipinski definition) is 4. The van der Waals surface area contributed by atoms with Gasteiger partial charge in [-0.05, 0) is 17.9 Å². The number of ether oxygens (including phenoxy) is 2. The number of alkyl halides is 2. The zero-order valence-corrected chi connectivity index (χ0v) is 35.9. The molecule has 2 aliphatic rings. The van der Waals surface area contributed by atoms with Gasteiger partial charge in [0.2, 0.25) is 0 Å². The van der Waals surface area contributed by atoms with Crippen molar-refractivity contribution in [3.63, 3.8) is 0 Å². The van der Waals surface area contributed by atoms with Gasteiger partial charge in [-0.1, -0.05) is 148 Å². The van der Waals surface area contributed by atoms with E-state index in [-0.39, 0.29) is 47.3 Å². The second kappa shape index (κ2) is 21.8. The quantitative estimate of drug-likeness (QED) is 0.115. The minimum Gasteiger partial charge on any atom is -0.393 e. The number of nitrogens with zero attached hydrogens (tertiary/aromatic N) is 2. The Morgan fingerprint density at radius 3 is 1.22 bits per heavy atom. The molecule has 2 aliphatic heterocycles. The number of aromatic nitrogens is 4. The molecule has 0 amide bonds. The van der Waals surface area contributed by atoms with Crippen LogP contribution in [-0.4, -0.2) is 72.6 Å². The molecule has 2 saturated heterocycles. The Bertz CT molecular complexity index is 1970. The lowest BCUT2D eigenvalue weighted by atomic mass is 9.87. The Kier molecular flexibility index (Phi) is 19.8. The summed E-state index contributed by atoms with van der Waals surface area (Å²) in [6.07, 6.45) is 2.49. The third-order valence-corrected chi connectivity index (χ3v) is 19.2. The van der Waals surface area contributed by atoms with Gasteiger partial charge < -0.3 is 19.7 Å². The summed E-state index contributed by atoms with van der Waals surface area (Å²) in [5.41, 5.74) is -3.59. The number of benzene rings is 2. The fourth-order valence-corrected chi connectivity index (χ4v) is 12.1. The molecule has 0 aliphatic carbocycles. The first-order valence-corrected chi connectivity index (χ1v) is 22.3. The molecule has 330 valence electrons. The molecule has 4 aromatic rings. The largest absolute Gasteiger partial charge is 0.393 e. The Labute approximate surface area is 360 Å². The van der Waals surface area contributed by atoms with Gasteiger partial charge in [-0.15, -0.1) is 23.2 Å². The van der Waals surface area contributed by atoms with Gasteiger partial charge in [-0.25, -0.2) is 9.59 Å². The molecule has 0 spiro atoms. The van der Waals surface area contributed by atoms with Gasteiger partial charge in [-0.2, -0.15) is 0 Å². The second-order valence-corrected chi connectivity index (χ2v) is 21.7. The van der Waals surface area contributed by atoms with Crippen LogP contribution >= 0.6 is 23.2 Å². The van der Waals surface area contributed by atoms with Crippen molar-refractivity contribution >= 4 is 41.6 Å². The molecule has 0 bridgehead atoms. The zero-order chi connectivity index (χ0) is 41.6. The van der Waals surface area contributed by atoms with E-state index in [4.69, 9.17) is 32.7 Å². The molecule has 2 fully saturated rings. The number of aliphatic hydroxyl groups excluding tert-OH is 2. The van der Waals surface area contributed by atoms with E-state index in [1.165, 1.54) is 44.0 Å². The highest BCUT2D eigenvalue weighted by Crippen LogP contribution is 2.46. The molecule has 15 heteroatoms. The predicted octanol–water partition coefficient (Wildman–Crippen LogP) is 6.49. The lowest BCUT2D eigenvalue weighted by Gasteiger charge is -2.41. The maximum absolute atomic E-state index is 11.8. The Morgan fingerprint density at radius 2 is 0.983 bits per heavy atom. The molecule has 12 nitrogen and oxygen atoms in total. The lowest BCUT2D eigenvalue weighted by Crippen LogP contribution is -2.61. The molecule has 4 N–H and O–H groups in total. The van der Waals surface area contributed by atoms with E-state index in [9.17, 15) is 29.4 Å². The zero-order valence-electron chi connectivity index (χ0n) is 33.4. The first-order chi connectivity index (χ1) is 26.4. The van der Waals surface area contributed by atoms with Crippen LogP contribution in [0.2, 0.25) is 11.6 Å². The van der Waals surface area contributed by atoms with Crippen molar-refractivity contribution in [2.24, 2.45) is 11.8 Å². The summed E-state index contributed by atoms with van der Waals surface area (Å²) in [5.74, 6) is -0.235. The Morgan fingerprint density at radius 1 is 0.661 bits per heavy atom. The smallest absolute Gasteiger partial charge is 0.330 e. The minimum absolute atomic E-state index is 0. The van der Waals surface area contributed by atoms with Crippen LogP contribution in [0.3, 0.4) is 0 Å². The van der Waals surface area contributed by atoms with Gasteiger partial charge in [0.1, 0.15) is 8.07 Å². The third kappa shape index (κ3) is 10.9. The third-order valence-electron chi connectivity index (χ3n) is 12.1. The summed E-state index contributed by atoms with van der Waals surface area (Å²) in [5, 5.41) is 21.5. The molecule has 2 aromatic carbocycles. The molecule has 0 unspecified atom stereocenters. The Hall–Kier alpha value is -3.56. The molecule has 6 rings (SSSR count). The highest BCUT2D eigenvalue weighted by atomic mass is 35.5. The van der Waals surface area contributed by atoms with Crippen molar-refractivity contribution in [1.82, 2.24) is 19.1 Å². The molecule has 4 heterocycles. The number of aliphatic hydroxyl groups is 2. The maximum atomic E-state index is 11.8. The van der Waals surface area contributed by atoms with Crippen molar-refractivity contribution in [1.29, 1.82) is 0 Å². The van der Waals surface area contributed by atoms with Gasteiger partial charge in [0.25, 0.3) is 11.1 Å². The molecule has 0 radical (unpaired) electrons. The highest BCUT2D eigenvalue weighted by molar-refractivity contribution is 7.03. The molecular formula is C44H68Cl2N4O8Si. The number of nitrogens with one attached hydrogen (secondary N) is 2. The predicted molar refractivity (Wildman–Crippen MR) is 244 cm³/mol. The van der Waals surface area contributed by atoms with Gasteiger partial charge in [0.05, 0.1) is 35.2 Å². The van der Waals surface area contributed by atoms with Gasteiger partial charge in [0.15, 0.2) is 12.5 Å². The average Bonchev–Trinajstić information content (AvgIpc) is 3.59. The number of aromatic amines is 2. The van der Waals surface area contributed by atoms with Crippen LogP contribution in [0.5, 0.6) is 0 Å². The monoisotopic (exact) mass is 878 g/mol. The lowest BCUT2D eigenvalue weighted by molar-refractivity contribution is -0.112. The molecule has 59 heavy (non-hydrogen) atoms. The van der Waals surface area contributed by atoms with Crippen LogP contribution in [0.1, 0.15) is 96.0 Å². The summed E-state index contributed by atoms with van der Waals surface area (Å²) < 4.78 is 14.2. The van der Waals surface area contributed by atoms with Crippen molar-refractivity contribution in [3.05, 3.63) is 127 Å². The van der Waals surface area contributed by atoms with Crippen molar-refractivity contribution < 1.29 is 19.7 Å². The van der Waals surface area contributed by atoms with E-state index in [1.807, 2.05) is 27.7 Å². The van der Waals surface area contributed by atoms with Crippen LogP contribution in [0.4, 0.5) is 0 Å². The molecule has 2 aromatic heterocycles. The van der Waals surface area contributed by atoms with E-state index in [1.54, 1.807) is 0 Å². The van der Waals surface area contributed by atoms with Crippen molar-refractivity contribution in [2.75, 3.05) is 13.2 Å². The highest BCUT2D eigenvalue weighted by Gasteiger charge is 2.53. The summed E-state index contributed by atoms with van der Waals surface area (Å²) in [4.78, 5) is 50.0. The van der Waals surface area contributed by atoms with Gasteiger partial charge in [-0.3, -0.25) is 28.7 Å². The van der Waals surface area contributed by atoms with Crippen molar-refractivity contribution in [2.45, 2.75) is 130 Å². The first kappa shape index (κ1) is 53.5.